The van der Waals surface area contributed by atoms with Gasteiger partial charge >= 0.3 is 0 Å². The first-order chi connectivity index (χ1) is 6.33. The van der Waals surface area contributed by atoms with Gasteiger partial charge in [-0.3, -0.25) is 0 Å². The van der Waals surface area contributed by atoms with E-state index in [0.717, 1.165) is 5.45 Å². The summed E-state index contributed by atoms with van der Waals surface area (Å²) in [6.07, 6.45) is 2.03. The number of aromatic nitrogens is 1. The highest BCUT2D eigenvalue weighted by atomic mass is 79.9. The van der Waals surface area contributed by atoms with E-state index in [1.165, 1.54) is 16.6 Å². The van der Waals surface area contributed by atoms with Gasteiger partial charge in [0.2, 0.25) is 0 Å². The van der Waals surface area contributed by atoms with Gasteiger partial charge in [-0.15, -0.1) is 0 Å². The summed E-state index contributed by atoms with van der Waals surface area (Å²) in [5.41, 5.74) is 3.26. The number of fused-ring (bicyclic) bond motifs is 1. The highest BCUT2D eigenvalue weighted by Gasteiger charge is 2.05. The number of alkyl halides is 1. The molecule has 0 amide bonds. The SMILES string of the molecule is CN(CBr)c1c[nH]c2ccccc12. The molecule has 0 aliphatic carbocycles. The van der Waals surface area contributed by atoms with Crippen molar-refractivity contribution in [2.75, 3.05) is 17.4 Å². The smallest absolute Gasteiger partial charge is 0.0733 e. The van der Waals surface area contributed by atoms with E-state index in [9.17, 15) is 0 Å². The van der Waals surface area contributed by atoms with Crippen LogP contribution in [0.2, 0.25) is 0 Å². The summed E-state index contributed by atoms with van der Waals surface area (Å²) in [5, 5.41) is 1.27. The van der Waals surface area contributed by atoms with Crippen LogP contribution in [0.15, 0.2) is 30.5 Å². The molecule has 1 aromatic heterocycles. The summed E-state index contributed by atoms with van der Waals surface area (Å²) >= 11 is 3.43. The predicted molar refractivity (Wildman–Crippen MR) is 60.5 cm³/mol. The van der Waals surface area contributed by atoms with Gasteiger partial charge in [-0.1, -0.05) is 34.1 Å². The van der Waals surface area contributed by atoms with Crippen molar-refractivity contribution < 1.29 is 0 Å². The number of nitrogens with one attached hydrogen (secondary N) is 1. The third-order valence-electron chi connectivity index (χ3n) is 2.16. The average Bonchev–Trinajstić information content (AvgIpc) is 2.60. The van der Waals surface area contributed by atoms with Crippen LogP contribution in [-0.4, -0.2) is 17.5 Å². The number of hydrogen-bond acceptors (Lipinski definition) is 1. The summed E-state index contributed by atoms with van der Waals surface area (Å²) < 4.78 is 0. The first-order valence-corrected chi connectivity index (χ1v) is 5.28. The summed E-state index contributed by atoms with van der Waals surface area (Å²) in [5.74, 6) is 0. The average molecular weight is 239 g/mol. The van der Waals surface area contributed by atoms with Crippen molar-refractivity contribution in [3.63, 3.8) is 0 Å². The van der Waals surface area contributed by atoms with Gasteiger partial charge in [0.1, 0.15) is 0 Å². The molecule has 1 heterocycles. The van der Waals surface area contributed by atoms with Crippen molar-refractivity contribution >= 4 is 32.5 Å². The Hall–Kier alpha value is -0.960. The van der Waals surface area contributed by atoms with E-state index < -0.39 is 0 Å². The molecule has 13 heavy (non-hydrogen) atoms. The lowest BCUT2D eigenvalue weighted by Crippen LogP contribution is -2.12. The highest BCUT2D eigenvalue weighted by molar-refractivity contribution is 9.09. The minimum Gasteiger partial charge on any atom is -0.363 e. The number of benzene rings is 1. The molecule has 2 aromatic rings. The molecule has 0 atom stereocenters. The largest absolute Gasteiger partial charge is 0.363 e. The molecular formula is C10H11BrN2. The number of rotatable bonds is 2. The lowest BCUT2D eigenvalue weighted by Gasteiger charge is -2.13. The minimum atomic E-state index is 0.842. The van der Waals surface area contributed by atoms with Gasteiger partial charge in [-0.25, -0.2) is 0 Å². The van der Waals surface area contributed by atoms with Crippen LogP contribution in [0.1, 0.15) is 0 Å². The highest BCUT2D eigenvalue weighted by Crippen LogP contribution is 2.25. The van der Waals surface area contributed by atoms with Crippen LogP contribution in [0.5, 0.6) is 0 Å². The van der Waals surface area contributed by atoms with Crippen LogP contribution < -0.4 is 4.90 Å². The van der Waals surface area contributed by atoms with Crippen molar-refractivity contribution in [3.05, 3.63) is 30.5 Å². The zero-order valence-corrected chi connectivity index (χ0v) is 9.01. The maximum Gasteiger partial charge on any atom is 0.0733 e. The van der Waals surface area contributed by atoms with Crippen LogP contribution in [0.4, 0.5) is 5.69 Å². The van der Waals surface area contributed by atoms with Crippen LogP contribution >= 0.6 is 15.9 Å². The second-order valence-corrected chi connectivity index (χ2v) is 3.54. The Bertz CT molecular complexity index is 408. The second-order valence-electron chi connectivity index (χ2n) is 3.04. The summed E-state index contributed by atoms with van der Waals surface area (Å²) in [7, 11) is 2.06. The molecule has 0 fully saturated rings. The molecule has 2 nitrogen and oxygen atoms in total. The zero-order valence-electron chi connectivity index (χ0n) is 7.42. The fourth-order valence-corrected chi connectivity index (χ4v) is 1.71. The number of anilines is 1. The first kappa shape index (κ1) is 8.63. The molecule has 0 radical (unpaired) electrons. The second kappa shape index (κ2) is 3.42. The lowest BCUT2D eigenvalue weighted by molar-refractivity contribution is 1.11. The third-order valence-corrected chi connectivity index (χ3v) is 2.91. The number of H-pyrrole nitrogens is 1. The van der Waals surface area contributed by atoms with Gasteiger partial charge in [-0.05, 0) is 6.07 Å². The number of para-hydroxylation sites is 1. The Morgan fingerprint density at radius 1 is 1.38 bits per heavy atom. The minimum absolute atomic E-state index is 0.842. The van der Waals surface area contributed by atoms with Gasteiger partial charge in [0, 0.05) is 24.1 Å². The molecule has 3 heteroatoms. The molecule has 0 aliphatic heterocycles. The molecule has 2 rings (SSSR count). The predicted octanol–water partition coefficient (Wildman–Crippen LogP) is 2.96. The van der Waals surface area contributed by atoms with Gasteiger partial charge in [0.05, 0.1) is 11.1 Å². The van der Waals surface area contributed by atoms with Gasteiger partial charge in [-0.2, -0.15) is 0 Å². The van der Waals surface area contributed by atoms with E-state index in [1.54, 1.807) is 0 Å². The lowest BCUT2D eigenvalue weighted by atomic mass is 10.2. The molecule has 0 aliphatic rings. The molecule has 0 unspecified atom stereocenters. The molecule has 0 bridgehead atoms. The number of aromatic amines is 1. The Kier molecular flexibility index (Phi) is 2.27. The maximum absolute atomic E-state index is 3.43. The Morgan fingerprint density at radius 2 is 2.15 bits per heavy atom. The molecular weight excluding hydrogens is 228 g/mol. The van der Waals surface area contributed by atoms with Gasteiger partial charge in [0.15, 0.2) is 0 Å². The van der Waals surface area contributed by atoms with E-state index in [0.29, 0.717) is 0 Å². The maximum atomic E-state index is 3.43. The standard InChI is InChI=1S/C10H11BrN2/c1-13(7-11)10-6-12-9-5-3-2-4-8(9)10/h2-6,12H,7H2,1H3. The van der Waals surface area contributed by atoms with Crippen LogP contribution in [-0.2, 0) is 0 Å². The first-order valence-electron chi connectivity index (χ1n) is 4.16. The van der Waals surface area contributed by atoms with Crippen molar-refractivity contribution in [1.82, 2.24) is 4.98 Å². The Morgan fingerprint density at radius 3 is 2.92 bits per heavy atom. The van der Waals surface area contributed by atoms with Crippen molar-refractivity contribution in [1.29, 1.82) is 0 Å². The quantitative estimate of drug-likeness (QED) is 0.630. The van der Waals surface area contributed by atoms with E-state index in [2.05, 4.69) is 51.1 Å². The van der Waals surface area contributed by atoms with E-state index in [1.807, 2.05) is 12.3 Å². The van der Waals surface area contributed by atoms with Crippen molar-refractivity contribution in [2.24, 2.45) is 0 Å². The number of hydrogen-bond donors (Lipinski definition) is 1. The van der Waals surface area contributed by atoms with Crippen molar-refractivity contribution in [2.45, 2.75) is 0 Å². The van der Waals surface area contributed by atoms with E-state index >= 15 is 0 Å². The van der Waals surface area contributed by atoms with Gasteiger partial charge in [0.25, 0.3) is 0 Å². The monoisotopic (exact) mass is 238 g/mol. The molecule has 68 valence electrons. The normalized spacial score (nSPS) is 10.6. The number of nitrogens with zero attached hydrogens (tertiary/aromatic N) is 1. The van der Waals surface area contributed by atoms with Crippen molar-refractivity contribution in [3.8, 4) is 0 Å². The zero-order chi connectivity index (χ0) is 9.26. The van der Waals surface area contributed by atoms with Crippen LogP contribution in [0, 0.1) is 0 Å². The summed E-state index contributed by atoms with van der Waals surface area (Å²) in [4.78, 5) is 5.39. The summed E-state index contributed by atoms with van der Waals surface area (Å²) in [6.45, 7) is 0. The molecule has 0 saturated heterocycles. The Balaban J connectivity index is 2.57. The summed E-state index contributed by atoms with van der Waals surface area (Å²) in [6, 6.07) is 8.31. The Labute approximate surface area is 85.7 Å². The molecule has 0 spiro atoms. The van der Waals surface area contributed by atoms with E-state index in [-0.39, 0.29) is 0 Å². The fourth-order valence-electron chi connectivity index (χ4n) is 1.44. The number of halogens is 1. The van der Waals surface area contributed by atoms with Crippen LogP contribution in [0.25, 0.3) is 10.9 Å². The molecule has 1 aromatic carbocycles. The molecule has 0 saturated carbocycles. The third kappa shape index (κ3) is 1.44. The van der Waals surface area contributed by atoms with E-state index in [4.69, 9.17) is 0 Å². The molecule has 1 N–H and O–H groups in total. The van der Waals surface area contributed by atoms with Gasteiger partial charge < -0.3 is 9.88 Å². The fraction of sp³-hybridized carbons (Fsp3) is 0.200. The van der Waals surface area contributed by atoms with Crippen LogP contribution in [0.3, 0.4) is 0 Å². The topological polar surface area (TPSA) is 19.0 Å².